The van der Waals surface area contributed by atoms with Crippen LogP contribution in [-0.2, 0) is 16.3 Å². The SMILES string of the molecule is CC(CCS(C)(=O)=O)NC(=O)c1coc2c1C(=O)CCC2. The Morgan fingerprint density at radius 3 is 2.81 bits per heavy atom. The van der Waals surface area contributed by atoms with E-state index in [9.17, 15) is 18.0 Å². The number of nitrogens with one attached hydrogen (secondary N) is 1. The average molecular weight is 313 g/mol. The largest absolute Gasteiger partial charge is 0.468 e. The number of carbonyl (C=O) groups is 2. The highest BCUT2D eigenvalue weighted by molar-refractivity contribution is 7.90. The molecule has 0 spiro atoms. The Labute approximate surface area is 123 Å². The van der Waals surface area contributed by atoms with Gasteiger partial charge in [-0.2, -0.15) is 0 Å². The van der Waals surface area contributed by atoms with Gasteiger partial charge in [-0.15, -0.1) is 0 Å². The number of ketones is 1. The average Bonchev–Trinajstić information content (AvgIpc) is 2.81. The third kappa shape index (κ3) is 3.93. The van der Waals surface area contributed by atoms with Crippen LogP contribution in [-0.4, -0.2) is 38.2 Å². The normalized spacial score (nSPS) is 16.4. The van der Waals surface area contributed by atoms with Crippen molar-refractivity contribution in [1.82, 2.24) is 5.32 Å². The Morgan fingerprint density at radius 1 is 1.43 bits per heavy atom. The summed E-state index contributed by atoms with van der Waals surface area (Å²) in [5.74, 6) is 0.118. The van der Waals surface area contributed by atoms with Crippen LogP contribution in [0.2, 0.25) is 0 Å². The third-order valence-corrected chi connectivity index (χ3v) is 4.47. The van der Waals surface area contributed by atoms with E-state index in [1.165, 1.54) is 6.26 Å². The monoisotopic (exact) mass is 313 g/mol. The lowest BCUT2D eigenvalue weighted by molar-refractivity contribution is 0.0918. The molecule has 7 heteroatoms. The number of amides is 1. The molecule has 0 aromatic carbocycles. The number of fused-ring (bicyclic) bond motifs is 1. The second kappa shape index (κ2) is 6.01. The van der Waals surface area contributed by atoms with Crippen molar-refractivity contribution in [1.29, 1.82) is 0 Å². The predicted octanol–water partition coefficient (Wildman–Crippen LogP) is 1.35. The summed E-state index contributed by atoms with van der Waals surface area (Å²) in [4.78, 5) is 24.1. The first kappa shape index (κ1) is 15.8. The fourth-order valence-electron chi connectivity index (χ4n) is 2.35. The van der Waals surface area contributed by atoms with Crippen molar-refractivity contribution in [3.8, 4) is 0 Å². The molecule has 1 aromatic rings. The van der Waals surface area contributed by atoms with E-state index in [0.717, 1.165) is 12.7 Å². The minimum Gasteiger partial charge on any atom is -0.468 e. The van der Waals surface area contributed by atoms with Gasteiger partial charge < -0.3 is 9.73 Å². The van der Waals surface area contributed by atoms with Crippen LogP contribution in [0.3, 0.4) is 0 Å². The molecule has 1 aliphatic carbocycles. The van der Waals surface area contributed by atoms with Gasteiger partial charge in [0.2, 0.25) is 0 Å². The van der Waals surface area contributed by atoms with E-state index in [2.05, 4.69) is 5.32 Å². The number of furan rings is 1. The van der Waals surface area contributed by atoms with Crippen LogP contribution in [0, 0.1) is 0 Å². The zero-order valence-electron chi connectivity index (χ0n) is 12.1. The van der Waals surface area contributed by atoms with E-state index in [4.69, 9.17) is 4.42 Å². The molecule has 0 radical (unpaired) electrons. The molecule has 2 rings (SSSR count). The van der Waals surface area contributed by atoms with Crippen LogP contribution in [0.15, 0.2) is 10.7 Å². The molecule has 1 unspecified atom stereocenters. The first-order chi connectivity index (χ1) is 9.78. The van der Waals surface area contributed by atoms with Gasteiger partial charge in [0.15, 0.2) is 5.78 Å². The molecule has 0 saturated carbocycles. The molecule has 1 atom stereocenters. The van der Waals surface area contributed by atoms with Crippen molar-refractivity contribution >= 4 is 21.5 Å². The molecule has 6 nitrogen and oxygen atoms in total. The zero-order valence-corrected chi connectivity index (χ0v) is 13.0. The van der Waals surface area contributed by atoms with Gasteiger partial charge in [-0.3, -0.25) is 9.59 Å². The Kier molecular flexibility index (Phi) is 4.51. The van der Waals surface area contributed by atoms with Crippen molar-refractivity contribution in [3.05, 3.63) is 23.2 Å². The summed E-state index contributed by atoms with van der Waals surface area (Å²) < 4.78 is 27.5. The van der Waals surface area contributed by atoms with Gasteiger partial charge in [0.1, 0.15) is 21.9 Å². The molecule has 0 fully saturated rings. The van der Waals surface area contributed by atoms with E-state index in [0.29, 0.717) is 30.6 Å². The van der Waals surface area contributed by atoms with Gasteiger partial charge in [0.25, 0.3) is 5.91 Å². The van der Waals surface area contributed by atoms with E-state index in [-0.39, 0.29) is 23.1 Å². The molecular formula is C14H19NO5S. The summed E-state index contributed by atoms with van der Waals surface area (Å²) in [6.45, 7) is 1.73. The molecule has 0 bridgehead atoms. The van der Waals surface area contributed by atoms with E-state index in [1.807, 2.05) is 0 Å². The molecular weight excluding hydrogens is 294 g/mol. The molecule has 1 amide bonds. The number of hydrogen-bond donors (Lipinski definition) is 1. The molecule has 1 heterocycles. The number of aryl methyl sites for hydroxylation is 1. The summed E-state index contributed by atoms with van der Waals surface area (Å²) in [5.41, 5.74) is 0.634. The van der Waals surface area contributed by atoms with Gasteiger partial charge in [-0.05, 0) is 19.8 Å². The summed E-state index contributed by atoms with van der Waals surface area (Å²) in [7, 11) is -3.06. The fourth-order valence-corrected chi connectivity index (χ4v) is 3.14. The maximum Gasteiger partial charge on any atom is 0.255 e. The molecule has 0 saturated heterocycles. The van der Waals surface area contributed by atoms with Crippen LogP contribution in [0.4, 0.5) is 0 Å². The van der Waals surface area contributed by atoms with E-state index >= 15 is 0 Å². The van der Waals surface area contributed by atoms with Crippen molar-refractivity contribution < 1.29 is 22.4 Å². The lowest BCUT2D eigenvalue weighted by Crippen LogP contribution is -2.34. The summed E-state index contributed by atoms with van der Waals surface area (Å²) >= 11 is 0. The summed E-state index contributed by atoms with van der Waals surface area (Å²) in [6.07, 6.45) is 4.64. The highest BCUT2D eigenvalue weighted by Gasteiger charge is 2.28. The van der Waals surface area contributed by atoms with Crippen LogP contribution >= 0.6 is 0 Å². The Hall–Kier alpha value is -1.63. The Morgan fingerprint density at radius 2 is 2.14 bits per heavy atom. The van der Waals surface area contributed by atoms with Gasteiger partial charge in [0.05, 0.1) is 16.9 Å². The molecule has 21 heavy (non-hydrogen) atoms. The summed E-state index contributed by atoms with van der Waals surface area (Å²) in [6, 6.07) is -0.295. The standard InChI is InChI=1S/C14H19NO5S/c1-9(6-7-21(2,18)19)15-14(17)10-8-20-12-5-3-4-11(16)13(10)12/h8-9H,3-7H2,1-2H3,(H,15,17). The first-order valence-corrected chi connectivity index (χ1v) is 8.96. The minimum absolute atomic E-state index is 0.0108. The second-order valence-electron chi connectivity index (χ2n) is 5.52. The molecule has 0 aliphatic heterocycles. The van der Waals surface area contributed by atoms with E-state index < -0.39 is 15.7 Å². The van der Waals surface area contributed by atoms with Gasteiger partial charge in [-0.25, -0.2) is 8.42 Å². The molecule has 116 valence electrons. The number of Topliss-reactive ketones (excluding diaryl/α,β-unsaturated/α-hetero) is 1. The van der Waals surface area contributed by atoms with Crippen molar-refractivity contribution in [2.24, 2.45) is 0 Å². The van der Waals surface area contributed by atoms with Gasteiger partial charge >= 0.3 is 0 Å². The topological polar surface area (TPSA) is 93.4 Å². The second-order valence-corrected chi connectivity index (χ2v) is 7.78. The maximum absolute atomic E-state index is 12.2. The highest BCUT2D eigenvalue weighted by Crippen LogP contribution is 2.26. The zero-order chi connectivity index (χ0) is 15.6. The quantitative estimate of drug-likeness (QED) is 0.885. The first-order valence-electron chi connectivity index (χ1n) is 6.90. The van der Waals surface area contributed by atoms with Crippen molar-refractivity contribution in [2.45, 2.75) is 38.6 Å². The van der Waals surface area contributed by atoms with Crippen LogP contribution in [0.1, 0.15) is 52.7 Å². The number of carbonyl (C=O) groups excluding carboxylic acids is 2. The smallest absolute Gasteiger partial charge is 0.255 e. The third-order valence-electron chi connectivity index (χ3n) is 3.50. The van der Waals surface area contributed by atoms with Gasteiger partial charge in [0, 0.05) is 25.1 Å². The number of sulfone groups is 1. The van der Waals surface area contributed by atoms with Crippen LogP contribution in [0.5, 0.6) is 0 Å². The predicted molar refractivity (Wildman–Crippen MR) is 77.2 cm³/mol. The van der Waals surface area contributed by atoms with Gasteiger partial charge in [-0.1, -0.05) is 0 Å². The highest BCUT2D eigenvalue weighted by atomic mass is 32.2. The van der Waals surface area contributed by atoms with Crippen molar-refractivity contribution in [2.75, 3.05) is 12.0 Å². The van der Waals surface area contributed by atoms with Crippen molar-refractivity contribution in [3.63, 3.8) is 0 Å². The lowest BCUT2D eigenvalue weighted by atomic mass is 9.94. The Bertz CT molecular complexity index is 659. The fraction of sp³-hybridized carbons (Fsp3) is 0.571. The van der Waals surface area contributed by atoms with E-state index in [1.54, 1.807) is 6.92 Å². The lowest BCUT2D eigenvalue weighted by Gasteiger charge is -2.14. The summed E-state index contributed by atoms with van der Waals surface area (Å²) in [5, 5.41) is 2.71. The maximum atomic E-state index is 12.2. The number of rotatable bonds is 5. The number of hydrogen-bond acceptors (Lipinski definition) is 5. The minimum atomic E-state index is -3.06. The van der Waals surface area contributed by atoms with Crippen LogP contribution < -0.4 is 5.32 Å². The van der Waals surface area contributed by atoms with Crippen LogP contribution in [0.25, 0.3) is 0 Å². The molecule has 1 aromatic heterocycles. The molecule has 1 N–H and O–H groups in total. The molecule has 1 aliphatic rings. The Balaban J connectivity index is 2.04.